The maximum atomic E-state index is 6.20. The van der Waals surface area contributed by atoms with Gasteiger partial charge in [0.1, 0.15) is 0 Å². The van der Waals surface area contributed by atoms with E-state index in [2.05, 4.69) is 39.8 Å². The lowest BCUT2D eigenvalue weighted by molar-refractivity contribution is -0.0438. The average Bonchev–Trinajstić information content (AvgIpc) is 2.46. The van der Waals surface area contributed by atoms with E-state index < -0.39 is 0 Å². The van der Waals surface area contributed by atoms with Crippen LogP contribution < -0.4 is 5.73 Å². The Kier molecular flexibility index (Phi) is 3.84. The Morgan fingerprint density at radius 3 is 2.71 bits per heavy atom. The summed E-state index contributed by atoms with van der Waals surface area (Å²) in [6.45, 7) is 10.6. The minimum atomic E-state index is 0.358. The Balaban J connectivity index is 1.97. The fourth-order valence-electron chi connectivity index (χ4n) is 5.72. The van der Waals surface area contributed by atoms with Crippen molar-refractivity contribution in [2.45, 2.75) is 66.2 Å². The lowest BCUT2D eigenvalue weighted by Gasteiger charge is -2.58. The molecule has 0 amide bonds. The fourth-order valence-corrected chi connectivity index (χ4v) is 5.72. The van der Waals surface area contributed by atoms with E-state index in [0.29, 0.717) is 16.7 Å². The summed E-state index contributed by atoms with van der Waals surface area (Å²) in [7, 11) is 0. The molecule has 1 heteroatoms. The van der Waals surface area contributed by atoms with Gasteiger partial charge in [-0.15, -0.1) is 0 Å². The predicted octanol–water partition coefficient (Wildman–Crippen LogP) is 5.08. The van der Waals surface area contributed by atoms with Gasteiger partial charge in [-0.2, -0.15) is 0 Å². The van der Waals surface area contributed by atoms with Gasteiger partial charge in [-0.25, -0.2) is 0 Å². The molecule has 1 saturated carbocycles. The molecule has 4 atom stereocenters. The second-order valence-corrected chi connectivity index (χ2v) is 8.68. The summed E-state index contributed by atoms with van der Waals surface area (Å²) < 4.78 is 0. The lowest BCUT2D eigenvalue weighted by Crippen LogP contribution is -2.52. The van der Waals surface area contributed by atoms with E-state index in [0.717, 1.165) is 18.4 Å². The number of hydrogen-bond donors (Lipinski definition) is 1. The van der Waals surface area contributed by atoms with Gasteiger partial charge in [-0.05, 0) is 72.8 Å². The second-order valence-electron chi connectivity index (χ2n) is 8.68. The molecule has 2 N–H and O–H groups in total. The maximum absolute atomic E-state index is 6.20. The molecular formula is C20H33N. The van der Waals surface area contributed by atoms with Crippen molar-refractivity contribution in [2.75, 3.05) is 6.54 Å². The van der Waals surface area contributed by atoms with Gasteiger partial charge in [0.05, 0.1) is 0 Å². The first-order valence-corrected chi connectivity index (χ1v) is 9.01. The van der Waals surface area contributed by atoms with Crippen molar-refractivity contribution in [1.82, 2.24) is 0 Å². The minimum Gasteiger partial charge on any atom is -0.330 e. The number of nitrogens with two attached hydrogens (primary N) is 1. The monoisotopic (exact) mass is 287 g/mol. The molecular weight excluding hydrogens is 254 g/mol. The summed E-state index contributed by atoms with van der Waals surface area (Å²) in [6, 6.07) is 0. The highest BCUT2D eigenvalue weighted by atomic mass is 14.7. The number of rotatable bonds is 2. The van der Waals surface area contributed by atoms with E-state index in [1.165, 1.54) is 38.5 Å². The number of fused-ring (bicyclic) bond motifs is 3. The Labute approximate surface area is 131 Å². The average molecular weight is 287 g/mol. The molecule has 0 saturated heterocycles. The Morgan fingerprint density at radius 1 is 1.29 bits per heavy atom. The highest BCUT2D eigenvalue weighted by Crippen LogP contribution is 2.61. The highest BCUT2D eigenvalue weighted by Gasteiger charge is 2.53. The van der Waals surface area contributed by atoms with Crippen LogP contribution >= 0.6 is 0 Å². The van der Waals surface area contributed by atoms with Crippen molar-refractivity contribution >= 4 is 0 Å². The first kappa shape index (κ1) is 15.3. The topological polar surface area (TPSA) is 26.0 Å². The van der Waals surface area contributed by atoms with Crippen LogP contribution in [-0.4, -0.2) is 6.54 Å². The standard InChI is InChI=1S/C20H33N/c1-14(2)15-6-8-17-16(12-15)7-9-18-19(3,13-21)10-5-11-20(17,18)4/h7,12,14,17-18H,5-6,8-11,13,21H2,1-4H3/t17?,18?,19-,20?/m0/s1. The van der Waals surface area contributed by atoms with Crippen LogP contribution in [0.2, 0.25) is 0 Å². The van der Waals surface area contributed by atoms with Gasteiger partial charge in [0.2, 0.25) is 0 Å². The van der Waals surface area contributed by atoms with E-state index in [1.807, 2.05) is 0 Å². The van der Waals surface area contributed by atoms with Crippen LogP contribution in [0.4, 0.5) is 0 Å². The van der Waals surface area contributed by atoms with Gasteiger partial charge in [0.15, 0.2) is 0 Å². The van der Waals surface area contributed by atoms with Crippen molar-refractivity contribution in [3.8, 4) is 0 Å². The summed E-state index contributed by atoms with van der Waals surface area (Å²) >= 11 is 0. The van der Waals surface area contributed by atoms with Crippen molar-refractivity contribution < 1.29 is 0 Å². The number of allylic oxidation sites excluding steroid dienone is 4. The molecule has 0 aromatic carbocycles. The van der Waals surface area contributed by atoms with Gasteiger partial charge in [-0.1, -0.05) is 51.8 Å². The van der Waals surface area contributed by atoms with Crippen molar-refractivity contribution in [3.63, 3.8) is 0 Å². The predicted molar refractivity (Wildman–Crippen MR) is 91.0 cm³/mol. The van der Waals surface area contributed by atoms with Crippen LogP contribution in [0.5, 0.6) is 0 Å². The van der Waals surface area contributed by atoms with Crippen molar-refractivity contribution in [2.24, 2.45) is 34.3 Å². The van der Waals surface area contributed by atoms with Gasteiger partial charge in [0, 0.05) is 0 Å². The molecule has 3 rings (SSSR count). The molecule has 0 aromatic heterocycles. The van der Waals surface area contributed by atoms with E-state index >= 15 is 0 Å². The van der Waals surface area contributed by atoms with Crippen molar-refractivity contribution in [3.05, 3.63) is 23.3 Å². The van der Waals surface area contributed by atoms with E-state index in [1.54, 1.807) is 11.1 Å². The molecule has 0 aliphatic heterocycles. The molecule has 0 bridgehead atoms. The Morgan fingerprint density at radius 2 is 2.05 bits per heavy atom. The molecule has 1 fully saturated rings. The normalized spacial score (nSPS) is 43.0. The molecule has 0 radical (unpaired) electrons. The molecule has 21 heavy (non-hydrogen) atoms. The molecule has 118 valence electrons. The first-order valence-electron chi connectivity index (χ1n) is 9.01. The summed E-state index contributed by atoms with van der Waals surface area (Å²) in [5, 5.41) is 0. The third-order valence-corrected chi connectivity index (χ3v) is 7.17. The molecule has 1 nitrogen and oxygen atoms in total. The zero-order chi connectivity index (χ0) is 15.3. The van der Waals surface area contributed by atoms with Crippen LogP contribution in [0, 0.1) is 28.6 Å². The summed E-state index contributed by atoms with van der Waals surface area (Å²) in [4.78, 5) is 0. The van der Waals surface area contributed by atoms with Crippen molar-refractivity contribution in [1.29, 1.82) is 0 Å². The first-order chi connectivity index (χ1) is 9.90. The lowest BCUT2D eigenvalue weighted by atomic mass is 9.47. The quantitative estimate of drug-likeness (QED) is 0.753. The third-order valence-electron chi connectivity index (χ3n) is 7.17. The second kappa shape index (κ2) is 5.26. The van der Waals surface area contributed by atoms with Crippen LogP contribution in [-0.2, 0) is 0 Å². The van der Waals surface area contributed by atoms with E-state index in [-0.39, 0.29) is 0 Å². The van der Waals surface area contributed by atoms with Crippen LogP contribution in [0.1, 0.15) is 66.2 Å². The minimum absolute atomic E-state index is 0.358. The highest BCUT2D eigenvalue weighted by molar-refractivity contribution is 5.35. The molecule has 0 spiro atoms. The zero-order valence-electron chi connectivity index (χ0n) is 14.4. The largest absolute Gasteiger partial charge is 0.330 e. The van der Waals surface area contributed by atoms with E-state index in [9.17, 15) is 0 Å². The summed E-state index contributed by atoms with van der Waals surface area (Å²) in [5.41, 5.74) is 10.4. The summed E-state index contributed by atoms with van der Waals surface area (Å²) in [6.07, 6.45) is 13.1. The smallest absolute Gasteiger partial charge is 0.00202 e. The zero-order valence-corrected chi connectivity index (χ0v) is 14.4. The van der Waals surface area contributed by atoms with Gasteiger partial charge in [-0.3, -0.25) is 0 Å². The maximum Gasteiger partial charge on any atom is -0.00202 e. The fraction of sp³-hybridized carbons (Fsp3) is 0.800. The van der Waals surface area contributed by atoms with Gasteiger partial charge in [0.25, 0.3) is 0 Å². The summed E-state index contributed by atoms with van der Waals surface area (Å²) in [5.74, 6) is 2.27. The molecule has 3 aliphatic rings. The SMILES string of the molecule is CC(C)C1=CC2=CCC3C(C)(CCC[C@@]3(C)CN)C2CC1. The third kappa shape index (κ3) is 2.32. The Hall–Kier alpha value is -0.560. The van der Waals surface area contributed by atoms with Crippen LogP contribution in [0.25, 0.3) is 0 Å². The van der Waals surface area contributed by atoms with Crippen LogP contribution in [0.15, 0.2) is 23.3 Å². The molecule has 3 unspecified atom stereocenters. The number of hydrogen-bond acceptors (Lipinski definition) is 1. The van der Waals surface area contributed by atoms with Crippen LogP contribution in [0.3, 0.4) is 0 Å². The Bertz CT molecular complexity index is 472. The molecule has 3 aliphatic carbocycles. The van der Waals surface area contributed by atoms with Gasteiger partial charge >= 0.3 is 0 Å². The van der Waals surface area contributed by atoms with Gasteiger partial charge < -0.3 is 5.73 Å². The molecule has 0 aromatic rings. The van der Waals surface area contributed by atoms with E-state index in [4.69, 9.17) is 5.73 Å². The molecule has 0 heterocycles.